The van der Waals surface area contributed by atoms with Crippen molar-refractivity contribution in [2.45, 2.75) is 57.0 Å². The highest BCUT2D eigenvalue weighted by Crippen LogP contribution is 2.42. The van der Waals surface area contributed by atoms with Gasteiger partial charge in [-0.1, -0.05) is 29.8 Å². The zero-order valence-electron chi connectivity index (χ0n) is 18.5. The van der Waals surface area contributed by atoms with Gasteiger partial charge in [-0.25, -0.2) is 9.59 Å². The number of amides is 2. The second-order valence-corrected chi connectivity index (χ2v) is 8.17. The topological polar surface area (TPSA) is 93.2 Å². The smallest absolute Gasteiger partial charge is 0.413 e. The molecule has 2 aliphatic rings. The van der Waals surface area contributed by atoms with Gasteiger partial charge in [-0.2, -0.15) is 0 Å². The summed E-state index contributed by atoms with van der Waals surface area (Å²) in [5.74, 6) is -1.25. The molecule has 168 valence electrons. The molecular weight excluding hydrogens is 424 g/mol. The quantitative estimate of drug-likeness (QED) is 0.504. The molecule has 9 heteroatoms. The minimum Gasteiger partial charge on any atom is -0.426 e. The molecule has 0 bridgehead atoms. The maximum absolute atomic E-state index is 13.1. The molecule has 1 heterocycles. The highest BCUT2D eigenvalue weighted by molar-refractivity contribution is 6.31. The first-order valence-corrected chi connectivity index (χ1v) is 10.6. The molecule has 1 aromatic rings. The Morgan fingerprint density at radius 3 is 2.74 bits per heavy atom. The number of benzene rings is 1. The lowest BCUT2D eigenvalue weighted by molar-refractivity contribution is -0.161. The lowest BCUT2D eigenvalue weighted by Gasteiger charge is -2.43. The minimum absolute atomic E-state index is 0.121. The van der Waals surface area contributed by atoms with E-state index in [1.807, 2.05) is 0 Å². The summed E-state index contributed by atoms with van der Waals surface area (Å²) in [5.41, 5.74) is -0.709. The average Bonchev–Trinajstić information content (AvgIpc) is 3.29. The van der Waals surface area contributed by atoms with Gasteiger partial charge in [-0.15, -0.1) is 0 Å². The van der Waals surface area contributed by atoms with Crippen molar-refractivity contribution in [3.05, 3.63) is 34.9 Å². The van der Waals surface area contributed by atoms with Crippen molar-refractivity contribution < 1.29 is 30.0 Å². The van der Waals surface area contributed by atoms with Crippen molar-refractivity contribution in [1.29, 1.82) is 0 Å². The number of likely N-dealkylation sites (tertiary alicyclic amines) is 1. The maximum Gasteiger partial charge on any atom is 0.413 e. The first-order chi connectivity index (χ1) is 15.3. The van der Waals surface area contributed by atoms with E-state index in [9.17, 15) is 19.2 Å². The zero-order chi connectivity index (χ0) is 23.3. The third kappa shape index (κ3) is 4.54. The van der Waals surface area contributed by atoms with Crippen molar-refractivity contribution in [3.8, 4) is 0 Å². The number of Topliss-reactive ketones (excluding diaryl/α,β-unsaturated/α-hetero) is 1. The van der Waals surface area contributed by atoms with E-state index >= 15 is 0 Å². The molecule has 2 fully saturated rings. The fourth-order valence-electron chi connectivity index (χ4n) is 4.43. The van der Waals surface area contributed by atoms with E-state index in [0.29, 0.717) is 42.8 Å². The summed E-state index contributed by atoms with van der Waals surface area (Å²) < 4.78 is 17.4. The monoisotopic (exact) mass is 451 g/mol. The molecule has 1 aliphatic carbocycles. The Hall–Kier alpha value is -2.61. The summed E-state index contributed by atoms with van der Waals surface area (Å²) in [6.07, 6.45) is 2.45. The number of halogens is 1. The average molecular weight is 452 g/mol. The summed E-state index contributed by atoms with van der Waals surface area (Å²) in [7, 11) is 1.47. The molecule has 1 aromatic carbocycles. The van der Waals surface area contributed by atoms with Gasteiger partial charge in [0.25, 0.3) is 0 Å². The summed E-state index contributed by atoms with van der Waals surface area (Å²) >= 11 is 6.39. The third-order valence-corrected chi connectivity index (χ3v) is 6.38. The lowest BCUT2D eigenvalue weighted by atomic mass is 9.74. The molecule has 1 aliphatic heterocycles. The Morgan fingerprint density at radius 2 is 2.03 bits per heavy atom. The van der Waals surface area contributed by atoms with E-state index in [0.717, 1.165) is 12.8 Å². The number of esters is 1. The largest absolute Gasteiger partial charge is 0.426 e. The number of nitrogens with zero attached hydrogens (tertiary/aromatic N) is 2. The van der Waals surface area contributed by atoms with E-state index in [2.05, 4.69) is 0 Å². The summed E-state index contributed by atoms with van der Waals surface area (Å²) in [6.45, 7) is -0.696. The molecule has 0 N–H and O–H groups in total. The van der Waals surface area contributed by atoms with Crippen LogP contribution in [0.2, 0.25) is 5.02 Å². The second-order valence-electron chi connectivity index (χ2n) is 7.77. The van der Waals surface area contributed by atoms with Crippen molar-refractivity contribution >= 4 is 35.4 Å². The fourth-order valence-corrected chi connectivity index (χ4v) is 4.72. The molecule has 1 saturated carbocycles. The van der Waals surface area contributed by atoms with Crippen LogP contribution in [-0.2, 0) is 29.4 Å². The van der Waals surface area contributed by atoms with Crippen molar-refractivity contribution in [2.24, 2.45) is 0 Å². The molecule has 1 saturated heterocycles. The van der Waals surface area contributed by atoms with Crippen LogP contribution in [0.3, 0.4) is 0 Å². The fraction of sp³-hybridized carbons (Fsp3) is 0.545. The lowest BCUT2D eigenvalue weighted by Crippen LogP contribution is -2.54. The van der Waals surface area contributed by atoms with E-state index in [-0.39, 0.29) is 5.78 Å². The van der Waals surface area contributed by atoms with Gasteiger partial charge in [0.05, 0.1) is 0 Å². The van der Waals surface area contributed by atoms with Gasteiger partial charge in [0.15, 0.2) is 5.78 Å². The number of rotatable bonds is 5. The van der Waals surface area contributed by atoms with Crippen LogP contribution < -0.4 is 0 Å². The van der Waals surface area contributed by atoms with E-state index in [1.165, 1.54) is 16.8 Å². The van der Waals surface area contributed by atoms with Crippen molar-refractivity contribution in [1.82, 2.24) is 9.80 Å². The van der Waals surface area contributed by atoms with Gasteiger partial charge in [0.2, 0.25) is 12.7 Å². The van der Waals surface area contributed by atoms with Gasteiger partial charge >= 0.3 is 12.1 Å². The SMILES string of the molecule is [2H]CC(=O)N1CCC[C@H]1C(=O)OCOC(=O)N(C)[C@]1(c2ccccc2Cl)CCCCC1=O. The van der Waals surface area contributed by atoms with Gasteiger partial charge < -0.3 is 14.4 Å². The van der Waals surface area contributed by atoms with Gasteiger partial charge in [-0.05, 0) is 38.2 Å². The Labute approximate surface area is 187 Å². The molecule has 0 spiro atoms. The standard InChI is InChI=1S/C22H27ClN2O6/c1-15(26)25-13-7-10-18(25)20(28)30-14-31-21(29)24(2)22(12-6-5-11-19(22)27)16-8-3-4-9-17(16)23/h3-4,8-9,18H,5-7,10-14H2,1-2H3/t18-,22-/m0/s1/i1D. The van der Waals surface area contributed by atoms with Crippen LogP contribution in [-0.4, -0.2) is 60.0 Å². The van der Waals surface area contributed by atoms with Crippen molar-refractivity contribution in [2.75, 3.05) is 20.4 Å². The summed E-state index contributed by atoms with van der Waals surface area (Å²) in [4.78, 5) is 52.6. The zero-order valence-corrected chi connectivity index (χ0v) is 18.2. The Balaban J connectivity index is 1.67. The highest BCUT2D eigenvalue weighted by atomic mass is 35.5. The van der Waals surface area contributed by atoms with Gasteiger partial charge in [0, 0.05) is 38.9 Å². The van der Waals surface area contributed by atoms with E-state index < -0.39 is 43.2 Å². The third-order valence-electron chi connectivity index (χ3n) is 6.05. The van der Waals surface area contributed by atoms with Crippen LogP contribution in [0.4, 0.5) is 4.79 Å². The van der Waals surface area contributed by atoms with Crippen LogP contribution in [0.5, 0.6) is 0 Å². The molecule has 0 radical (unpaired) electrons. The van der Waals surface area contributed by atoms with Crippen LogP contribution in [0, 0.1) is 0 Å². The van der Waals surface area contributed by atoms with E-state index in [4.69, 9.17) is 22.4 Å². The molecule has 0 aromatic heterocycles. The van der Waals surface area contributed by atoms with Gasteiger partial charge in [-0.3, -0.25) is 14.5 Å². The number of hydrogen-bond acceptors (Lipinski definition) is 6. The first-order valence-electron chi connectivity index (χ1n) is 11.0. The molecule has 3 rings (SSSR count). The molecule has 0 unspecified atom stereocenters. The summed E-state index contributed by atoms with van der Waals surface area (Å²) in [5, 5.41) is 0.384. The van der Waals surface area contributed by atoms with Crippen LogP contribution >= 0.6 is 11.6 Å². The Morgan fingerprint density at radius 1 is 1.26 bits per heavy atom. The van der Waals surface area contributed by atoms with Crippen LogP contribution in [0.1, 0.15) is 52.4 Å². The summed E-state index contributed by atoms with van der Waals surface area (Å²) in [6, 6.07) is 6.14. The Kier molecular flexibility index (Phi) is 6.75. The molecule has 8 nitrogen and oxygen atoms in total. The Bertz CT molecular complexity index is 897. The molecule has 2 atom stereocenters. The predicted molar refractivity (Wildman–Crippen MR) is 112 cm³/mol. The molecular formula is C22H27ClN2O6. The highest BCUT2D eigenvalue weighted by Gasteiger charge is 2.48. The van der Waals surface area contributed by atoms with Crippen LogP contribution in [0.15, 0.2) is 24.3 Å². The maximum atomic E-state index is 13.1. The normalized spacial score (nSPS) is 23.8. The number of likely N-dealkylation sites (N-methyl/N-ethyl adjacent to an activating group) is 1. The molecule has 2 amide bonds. The molecule has 31 heavy (non-hydrogen) atoms. The number of carbonyl (C=O) groups excluding carboxylic acids is 4. The minimum atomic E-state index is -1.25. The van der Waals surface area contributed by atoms with Gasteiger partial charge in [0.1, 0.15) is 11.6 Å². The number of carbonyl (C=O) groups is 4. The number of ether oxygens (including phenoxy) is 2. The van der Waals surface area contributed by atoms with Crippen molar-refractivity contribution in [3.63, 3.8) is 0 Å². The van der Waals surface area contributed by atoms with E-state index in [1.54, 1.807) is 24.3 Å². The predicted octanol–water partition coefficient (Wildman–Crippen LogP) is 3.26. The number of ketones is 1. The van der Waals surface area contributed by atoms with Crippen LogP contribution in [0.25, 0.3) is 0 Å². The first kappa shape index (κ1) is 21.6. The second kappa shape index (κ2) is 9.68. The number of hydrogen-bond donors (Lipinski definition) is 0.